The highest BCUT2D eigenvalue weighted by atomic mass is 16.5. The maximum Gasteiger partial charge on any atom is 0.343 e. The van der Waals surface area contributed by atoms with E-state index in [1.54, 1.807) is 19.2 Å². The summed E-state index contributed by atoms with van der Waals surface area (Å²) in [5.41, 5.74) is 3.88. The molecule has 0 heterocycles. The highest BCUT2D eigenvalue weighted by molar-refractivity contribution is 5.91. The molecule has 0 N–H and O–H groups in total. The van der Waals surface area contributed by atoms with Crippen LogP contribution in [0, 0.1) is 0 Å². The number of carbonyl (C=O) groups excluding carboxylic acids is 1. The van der Waals surface area contributed by atoms with Gasteiger partial charge in [0.25, 0.3) is 0 Å². The van der Waals surface area contributed by atoms with Gasteiger partial charge >= 0.3 is 5.97 Å². The van der Waals surface area contributed by atoms with Gasteiger partial charge in [-0.25, -0.2) is 4.79 Å². The SMILES string of the molecule is CCCc1ccc(OC(=O)c2ccc(-c3ccc(OC)cc3)cc2)cc1. The van der Waals surface area contributed by atoms with E-state index in [-0.39, 0.29) is 5.97 Å². The van der Waals surface area contributed by atoms with E-state index in [0.29, 0.717) is 11.3 Å². The van der Waals surface area contributed by atoms with Crippen molar-refractivity contribution in [1.29, 1.82) is 0 Å². The Bertz CT molecular complexity index is 847. The Balaban J connectivity index is 1.68. The van der Waals surface area contributed by atoms with Gasteiger partial charge in [0.05, 0.1) is 12.7 Å². The minimum absolute atomic E-state index is 0.352. The molecule has 0 amide bonds. The number of methoxy groups -OCH3 is 1. The maximum absolute atomic E-state index is 12.3. The first kappa shape index (κ1) is 17.7. The van der Waals surface area contributed by atoms with Gasteiger partial charge in [-0.05, 0) is 59.5 Å². The third-order valence-electron chi connectivity index (χ3n) is 4.22. The summed E-state index contributed by atoms with van der Waals surface area (Å²) >= 11 is 0. The van der Waals surface area contributed by atoms with Gasteiger partial charge in [-0.15, -0.1) is 0 Å². The zero-order chi connectivity index (χ0) is 18.4. The molecule has 3 aromatic rings. The van der Waals surface area contributed by atoms with Gasteiger partial charge in [0.15, 0.2) is 0 Å². The van der Waals surface area contributed by atoms with Crippen molar-refractivity contribution in [2.45, 2.75) is 19.8 Å². The third-order valence-corrected chi connectivity index (χ3v) is 4.22. The van der Waals surface area contributed by atoms with E-state index in [4.69, 9.17) is 9.47 Å². The molecule has 0 saturated heterocycles. The Kier molecular flexibility index (Phi) is 5.69. The van der Waals surface area contributed by atoms with Gasteiger partial charge < -0.3 is 9.47 Å². The van der Waals surface area contributed by atoms with Crippen LogP contribution in [0.3, 0.4) is 0 Å². The Morgan fingerprint density at radius 2 is 1.31 bits per heavy atom. The fraction of sp³-hybridized carbons (Fsp3) is 0.174. The summed E-state index contributed by atoms with van der Waals surface area (Å²) in [4.78, 5) is 12.3. The molecule has 0 spiro atoms. The van der Waals surface area contributed by atoms with Crippen LogP contribution in [0.25, 0.3) is 11.1 Å². The van der Waals surface area contributed by atoms with E-state index >= 15 is 0 Å². The second-order valence-corrected chi connectivity index (χ2v) is 6.09. The molecule has 0 aliphatic rings. The summed E-state index contributed by atoms with van der Waals surface area (Å²) in [6.07, 6.45) is 2.13. The molecule has 3 nitrogen and oxygen atoms in total. The molecular formula is C23H22O3. The van der Waals surface area contributed by atoms with Crippen LogP contribution in [0.1, 0.15) is 29.3 Å². The monoisotopic (exact) mass is 346 g/mol. The van der Waals surface area contributed by atoms with E-state index < -0.39 is 0 Å². The maximum atomic E-state index is 12.3. The molecule has 3 rings (SSSR count). The largest absolute Gasteiger partial charge is 0.497 e. The van der Waals surface area contributed by atoms with Crippen molar-refractivity contribution in [2.24, 2.45) is 0 Å². The predicted octanol–water partition coefficient (Wildman–Crippen LogP) is 5.53. The van der Waals surface area contributed by atoms with E-state index in [2.05, 4.69) is 6.92 Å². The topological polar surface area (TPSA) is 35.5 Å². The van der Waals surface area contributed by atoms with Crippen LogP contribution in [0.5, 0.6) is 11.5 Å². The molecule has 3 heteroatoms. The molecule has 0 atom stereocenters. The van der Waals surface area contributed by atoms with Crippen molar-refractivity contribution in [3.05, 3.63) is 83.9 Å². The summed E-state index contributed by atoms with van der Waals surface area (Å²) in [6, 6.07) is 22.9. The number of carbonyl (C=O) groups is 1. The first-order chi connectivity index (χ1) is 12.7. The third kappa shape index (κ3) is 4.31. The molecule has 0 aliphatic carbocycles. The molecule has 0 unspecified atom stereocenters. The van der Waals surface area contributed by atoms with Crippen molar-refractivity contribution >= 4 is 5.97 Å². The minimum atomic E-state index is -0.352. The van der Waals surface area contributed by atoms with E-state index in [1.165, 1.54) is 5.56 Å². The van der Waals surface area contributed by atoms with Crippen molar-refractivity contribution in [3.8, 4) is 22.6 Å². The van der Waals surface area contributed by atoms with Crippen LogP contribution in [0.15, 0.2) is 72.8 Å². The first-order valence-corrected chi connectivity index (χ1v) is 8.75. The molecule has 26 heavy (non-hydrogen) atoms. The normalized spacial score (nSPS) is 10.4. The molecular weight excluding hydrogens is 324 g/mol. The second-order valence-electron chi connectivity index (χ2n) is 6.09. The van der Waals surface area contributed by atoms with Gasteiger partial charge in [-0.2, -0.15) is 0 Å². The van der Waals surface area contributed by atoms with Crippen LogP contribution in [0.2, 0.25) is 0 Å². The number of ether oxygens (including phenoxy) is 2. The Morgan fingerprint density at radius 1 is 0.769 bits per heavy atom. The average molecular weight is 346 g/mol. The van der Waals surface area contributed by atoms with Crippen LogP contribution in [-0.2, 0) is 6.42 Å². The lowest BCUT2D eigenvalue weighted by atomic mass is 10.0. The van der Waals surface area contributed by atoms with Crippen molar-refractivity contribution in [3.63, 3.8) is 0 Å². The van der Waals surface area contributed by atoms with Gasteiger partial charge in [0, 0.05) is 0 Å². The molecule has 3 aromatic carbocycles. The highest BCUT2D eigenvalue weighted by Gasteiger charge is 2.09. The standard InChI is InChI=1S/C23H22O3/c1-3-4-17-5-13-22(14-6-17)26-23(24)20-9-7-18(8-10-20)19-11-15-21(25-2)16-12-19/h5-16H,3-4H2,1-2H3. The lowest BCUT2D eigenvalue weighted by Crippen LogP contribution is -2.08. The van der Waals surface area contributed by atoms with Crippen molar-refractivity contribution < 1.29 is 14.3 Å². The molecule has 0 aliphatic heterocycles. The van der Waals surface area contributed by atoms with E-state index in [0.717, 1.165) is 29.7 Å². The van der Waals surface area contributed by atoms with Gasteiger partial charge in [-0.1, -0.05) is 49.7 Å². The number of hydrogen-bond acceptors (Lipinski definition) is 3. The predicted molar refractivity (Wildman–Crippen MR) is 104 cm³/mol. The number of hydrogen-bond donors (Lipinski definition) is 0. The van der Waals surface area contributed by atoms with Crippen LogP contribution >= 0.6 is 0 Å². The molecule has 0 saturated carbocycles. The summed E-state index contributed by atoms with van der Waals surface area (Å²) < 4.78 is 10.6. The summed E-state index contributed by atoms with van der Waals surface area (Å²) in [6.45, 7) is 2.14. The Morgan fingerprint density at radius 3 is 1.85 bits per heavy atom. The molecule has 0 bridgehead atoms. The summed E-state index contributed by atoms with van der Waals surface area (Å²) in [7, 11) is 1.65. The number of esters is 1. The second kappa shape index (κ2) is 8.34. The molecule has 0 fully saturated rings. The molecule has 0 radical (unpaired) electrons. The number of benzene rings is 3. The smallest absolute Gasteiger partial charge is 0.343 e. The van der Waals surface area contributed by atoms with E-state index in [1.807, 2.05) is 60.7 Å². The van der Waals surface area contributed by atoms with Gasteiger partial charge in [0.2, 0.25) is 0 Å². The lowest BCUT2D eigenvalue weighted by Gasteiger charge is -2.07. The number of rotatable bonds is 6. The number of aryl methyl sites for hydroxylation is 1. The minimum Gasteiger partial charge on any atom is -0.497 e. The molecule has 132 valence electrons. The fourth-order valence-corrected chi connectivity index (χ4v) is 2.76. The first-order valence-electron chi connectivity index (χ1n) is 8.75. The zero-order valence-corrected chi connectivity index (χ0v) is 15.1. The van der Waals surface area contributed by atoms with Crippen LogP contribution in [-0.4, -0.2) is 13.1 Å². The fourth-order valence-electron chi connectivity index (χ4n) is 2.76. The summed E-state index contributed by atoms with van der Waals surface area (Å²) in [5.74, 6) is 1.03. The van der Waals surface area contributed by atoms with Crippen molar-refractivity contribution in [1.82, 2.24) is 0 Å². The Labute approximate surface area is 154 Å². The van der Waals surface area contributed by atoms with Gasteiger partial charge in [-0.3, -0.25) is 0 Å². The summed E-state index contributed by atoms with van der Waals surface area (Å²) in [5, 5.41) is 0. The van der Waals surface area contributed by atoms with Crippen LogP contribution < -0.4 is 9.47 Å². The highest BCUT2D eigenvalue weighted by Crippen LogP contribution is 2.23. The van der Waals surface area contributed by atoms with E-state index in [9.17, 15) is 4.79 Å². The van der Waals surface area contributed by atoms with Gasteiger partial charge in [0.1, 0.15) is 11.5 Å². The lowest BCUT2D eigenvalue weighted by molar-refractivity contribution is 0.0735. The zero-order valence-electron chi connectivity index (χ0n) is 15.1. The van der Waals surface area contributed by atoms with Crippen LogP contribution in [0.4, 0.5) is 0 Å². The quantitative estimate of drug-likeness (QED) is 0.434. The Hall–Kier alpha value is -3.07. The van der Waals surface area contributed by atoms with Crippen molar-refractivity contribution in [2.75, 3.05) is 7.11 Å². The average Bonchev–Trinajstić information content (AvgIpc) is 2.70. The molecule has 0 aromatic heterocycles.